The van der Waals surface area contributed by atoms with Crippen molar-refractivity contribution in [1.29, 1.82) is 0 Å². The van der Waals surface area contributed by atoms with E-state index in [1.165, 1.54) is 6.07 Å². The summed E-state index contributed by atoms with van der Waals surface area (Å²) >= 11 is 1.93. The minimum absolute atomic E-state index is 0.0940. The van der Waals surface area contributed by atoms with Crippen LogP contribution in [0.2, 0.25) is 0 Å². The van der Waals surface area contributed by atoms with E-state index in [4.69, 9.17) is 14.6 Å². The smallest absolute Gasteiger partial charge is 0.475 e. The minimum Gasteiger partial charge on any atom is -0.475 e. The van der Waals surface area contributed by atoms with Gasteiger partial charge in [-0.1, -0.05) is 0 Å². The second kappa shape index (κ2) is 6.91. The van der Waals surface area contributed by atoms with E-state index < -0.39 is 12.1 Å². The number of carboxylic acid groups (broad SMARTS) is 1. The summed E-state index contributed by atoms with van der Waals surface area (Å²) in [7, 11) is 0. The van der Waals surface area contributed by atoms with Gasteiger partial charge in [-0.25, -0.2) is 14.2 Å². The monoisotopic (exact) mass is 354 g/mol. The highest BCUT2D eigenvalue weighted by molar-refractivity contribution is 8.01. The number of hydrogen-bond acceptors (Lipinski definition) is 5. The molecule has 3 rings (SSSR count). The first-order valence-corrected chi connectivity index (χ1v) is 7.62. The number of alkyl halides is 3. The predicted molar refractivity (Wildman–Crippen MR) is 75.0 cm³/mol. The summed E-state index contributed by atoms with van der Waals surface area (Å²) in [6.45, 7) is 2.09. The van der Waals surface area contributed by atoms with E-state index in [1.54, 1.807) is 12.3 Å². The topological polar surface area (TPSA) is 71.5 Å². The first kappa shape index (κ1) is 17.8. The molecule has 0 aliphatic carbocycles. The van der Waals surface area contributed by atoms with Gasteiger partial charge in [0.2, 0.25) is 0 Å². The first-order chi connectivity index (χ1) is 10.7. The highest BCUT2D eigenvalue weighted by Crippen LogP contribution is 2.42. The number of carboxylic acids is 1. The van der Waals surface area contributed by atoms with E-state index in [-0.39, 0.29) is 17.8 Å². The summed E-state index contributed by atoms with van der Waals surface area (Å²) in [5, 5.41) is 10.4. The van der Waals surface area contributed by atoms with Crippen LogP contribution in [0, 0.1) is 5.82 Å². The number of aliphatic carboxylic acids is 1. The van der Waals surface area contributed by atoms with Crippen LogP contribution < -0.4 is 10.1 Å². The van der Waals surface area contributed by atoms with Crippen LogP contribution in [-0.4, -0.2) is 51.9 Å². The number of carbonyl (C=O) groups is 1. The molecule has 0 amide bonds. The summed E-state index contributed by atoms with van der Waals surface area (Å²) in [6, 6.07) is 2.95. The Bertz CT molecular complexity index is 566. The van der Waals surface area contributed by atoms with Crippen LogP contribution in [-0.2, 0) is 4.79 Å². The minimum atomic E-state index is -5.08. The Kier molecular flexibility index (Phi) is 5.35. The van der Waals surface area contributed by atoms with Gasteiger partial charge in [0.15, 0.2) is 5.82 Å². The molecule has 5 nitrogen and oxygen atoms in total. The van der Waals surface area contributed by atoms with Gasteiger partial charge in [0.25, 0.3) is 5.88 Å². The normalized spacial score (nSPS) is 22.0. The average Bonchev–Trinajstić information content (AvgIpc) is 2.85. The molecule has 2 saturated heterocycles. The molecule has 1 atom stereocenters. The molecular formula is C13H14F4N2O3S. The van der Waals surface area contributed by atoms with Crippen LogP contribution in [0.5, 0.6) is 5.88 Å². The van der Waals surface area contributed by atoms with Crippen LogP contribution in [0.1, 0.15) is 6.42 Å². The molecule has 128 valence electrons. The largest absolute Gasteiger partial charge is 0.490 e. The maximum atomic E-state index is 13.3. The fourth-order valence-electron chi connectivity index (χ4n) is 2.14. The molecule has 0 saturated carbocycles. The van der Waals surface area contributed by atoms with Crippen molar-refractivity contribution in [3.63, 3.8) is 0 Å². The van der Waals surface area contributed by atoms with Gasteiger partial charge in [0.1, 0.15) is 6.10 Å². The summed E-state index contributed by atoms with van der Waals surface area (Å²) in [4.78, 5) is 12.8. The SMILES string of the molecule is Fc1cccnc1OC1CSC2(CNC2)C1.O=C(O)C(F)(F)F. The number of thioether (sulfide) groups is 1. The number of hydrogen-bond donors (Lipinski definition) is 2. The Labute approximate surface area is 133 Å². The van der Waals surface area contributed by atoms with Crippen molar-refractivity contribution < 1.29 is 32.2 Å². The van der Waals surface area contributed by atoms with Gasteiger partial charge in [-0.2, -0.15) is 13.2 Å². The molecule has 3 heterocycles. The van der Waals surface area contributed by atoms with Gasteiger partial charge in [0, 0.05) is 36.2 Å². The molecule has 23 heavy (non-hydrogen) atoms. The van der Waals surface area contributed by atoms with Crippen molar-refractivity contribution in [2.24, 2.45) is 0 Å². The molecule has 2 N–H and O–H groups in total. The van der Waals surface area contributed by atoms with E-state index in [9.17, 15) is 17.6 Å². The Morgan fingerprint density at radius 3 is 2.57 bits per heavy atom. The molecule has 0 bridgehead atoms. The lowest BCUT2D eigenvalue weighted by molar-refractivity contribution is -0.192. The summed E-state index contributed by atoms with van der Waals surface area (Å²) in [5.41, 5.74) is 0. The average molecular weight is 354 g/mol. The highest BCUT2D eigenvalue weighted by atomic mass is 32.2. The summed E-state index contributed by atoms with van der Waals surface area (Å²) in [6.07, 6.45) is -2.45. The van der Waals surface area contributed by atoms with Gasteiger partial charge in [-0.05, 0) is 12.1 Å². The standard InChI is InChI=1S/C11H13FN2OS.C2HF3O2/c12-9-2-1-3-14-10(9)15-8-4-11(16-5-8)6-13-7-11;3-2(4,5)1(6)7/h1-3,8,13H,4-7H2;(H,6,7). The number of nitrogens with one attached hydrogen (secondary N) is 1. The maximum absolute atomic E-state index is 13.3. The second-order valence-electron chi connectivity index (χ2n) is 5.13. The molecule has 1 aromatic heterocycles. The van der Waals surface area contributed by atoms with Crippen molar-refractivity contribution in [2.75, 3.05) is 18.8 Å². The van der Waals surface area contributed by atoms with Crippen molar-refractivity contribution in [1.82, 2.24) is 10.3 Å². The molecule has 1 aromatic rings. The van der Waals surface area contributed by atoms with Gasteiger partial charge in [-0.15, -0.1) is 11.8 Å². The number of aromatic nitrogens is 1. The van der Waals surface area contributed by atoms with Gasteiger partial charge >= 0.3 is 12.1 Å². The fraction of sp³-hybridized carbons (Fsp3) is 0.538. The van der Waals surface area contributed by atoms with E-state index in [0.29, 0.717) is 4.75 Å². The van der Waals surface area contributed by atoms with Crippen LogP contribution in [0.3, 0.4) is 0 Å². The number of ether oxygens (including phenoxy) is 1. The predicted octanol–water partition coefficient (Wildman–Crippen LogP) is 2.08. The van der Waals surface area contributed by atoms with E-state index >= 15 is 0 Å². The number of pyridine rings is 1. The molecule has 10 heteroatoms. The van der Waals surface area contributed by atoms with E-state index in [0.717, 1.165) is 25.3 Å². The van der Waals surface area contributed by atoms with Gasteiger partial charge in [0.05, 0.1) is 0 Å². The Hall–Kier alpha value is -1.55. The fourth-order valence-corrected chi connectivity index (χ4v) is 3.58. The van der Waals surface area contributed by atoms with Gasteiger partial charge < -0.3 is 15.2 Å². The quantitative estimate of drug-likeness (QED) is 0.793. The first-order valence-electron chi connectivity index (χ1n) is 6.64. The Morgan fingerprint density at radius 1 is 1.48 bits per heavy atom. The van der Waals surface area contributed by atoms with Crippen molar-refractivity contribution in [3.05, 3.63) is 24.1 Å². The zero-order chi connectivity index (χ0) is 17.1. The number of rotatable bonds is 2. The highest BCUT2D eigenvalue weighted by Gasteiger charge is 2.45. The van der Waals surface area contributed by atoms with Gasteiger partial charge in [-0.3, -0.25) is 0 Å². The third-order valence-electron chi connectivity index (χ3n) is 3.31. The third-order valence-corrected chi connectivity index (χ3v) is 4.92. The van der Waals surface area contributed by atoms with Crippen LogP contribution in [0.4, 0.5) is 17.6 Å². The third kappa shape index (κ3) is 4.71. The zero-order valence-electron chi connectivity index (χ0n) is 11.8. The summed E-state index contributed by atoms with van der Waals surface area (Å²) in [5.74, 6) is -2.07. The molecular weight excluding hydrogens is 340 g/mol. The lowest BCUT2D eigenvalue weighted by Gasteiger charge is -2.38. The maximum Gasteiger partial charge on any atom is 0.490 e. The second-order valence-corrected chi connectivity index (χ2v) is 6.62. The zero-order valence-corrected chi connectivity index (χ0v) is 12.6. The van der Waals surface area contributed by atoms with E-state index in [2.05, 4.69) is 10.3 Å². The molecule has 2 fully saturated rings. The van der Waals surface area contributed by atoms with Crippen LogP contribution in [0.15, 0.2) is 18.3 Å². The Morgan fingerprint density at radius 2 is 2.13 bits per heavy atom. The molecule has 2 aliphatic heterocycles. The number of halogens is 4. The lowest BCUT2D eigenvalue weighted by atomic mass is 9.96. The number of nitrogens with zero attached hydrogens (tertiary/aromatic N) is 1. The van der Waals surface area contributed by atoms with Crippen molar-refractivity contribution >= 4 is 17.7 Å². The molecule has 1 unspecified atom stereocenters. The van der Waals surface area contributed by atoms with Crippen molar-refractivity contribution in [3.8, 4) is 5.88 Å². The summed E-state index contributed by atoms with van der Waals surface area (Å²) < 4.78 is 51.0. The van der Waals surface area contributed by atoms with Crippen LogP contribution >= 0.6 is 11.8 Å². The lowest BCUT2D eigenvalue weighted by Crippen LogP contribution is -2.56. The van der Waals surface area contributed by atoms with Crippen LogP contribution in [0.25, 0.3) is 0 Å². The van der Waals surface area contributed by atoms with E-state index in [1.807, 2.05) is 11.8 Å². The molecule has 2 aliphatic rings. The Balaban J connectivity index is 0.000000236. The van der Waals surface area contributed by atoms with Crippen molar-refractivity contribution in [2.45, 2.75) is 23.4 Å². The molecule has 0 radical (unpaired) electrons. The molecule has 0 aromatic carbocycles. The molecule has 1 spiro atoms.